The van der Waals surface area contributed by atoms with Crippen LogP contribution in [0.2, 0.25) is 0 Å². The second-order valence-corrected chi connectivity index (χ2v) is 5.63. The molecule has 100 valence electrons. The molecule has 0 amide bonds. The third kappa shape index (κ3) is 3.45. The van der Waals surface area contributed by atoms with Gasteiger partial charge in [0.25, 0.3) is 0 Å². The van der Waals surface area contributed by atoms with E-state index in [1.165, 1.54) is 25.8 Å². The number of nitrogens with zero attached hydrogens (tertiary/aromatic N) is 3. The topological polar surface area (TPSA) is 21.1 Å². The first-order valence-corrected chi connectivity index (χ1v) is 7.02. The molecule has 1 atom stereocenters. The molecule has 0 bridgehead atoms. The lowest BCUT2D eigenvalue weighted by Crippen LogP contribution is -2.36. The van der Waals surface area contributed by atoms with Crippen molar-refractivity contribution in [1.29, 1.82) is 0 Å². The van der Waals surface area contributed by atoms with Crippen LogP contribution in [-0.4, -0.2) is 27.0 Å². The molecular weight excluding hydrogens is 222 g/mol. The predicted octanol–water partition coefficient (Wildman–Crippen LogP) is 2.99. The number of aryl methyl sites for hydroxylation is 1. The van der Waals surface area contributed by atoms with Crippen LogP contribution in [-0.2, 0) is 13.6 Å². The molecule has 2 rings (SSSR count). The summed E-state index contributed by atoms with van der Waals surface area (Å²) >= 11 is 0. The Balaban J connectivity index is 1.95. The molecule has 0 saturated carbocycles. The summed E-state index contributed by atoms with van der Waals surface area (Å²) in [5.41, 5.74) is 0. The quantitative estimate of drug-likeness (QED) is 0.746. The van der Waals surface area contributed by atoms with Gasteiger partial charge in [0, 0.05) is 32.0 Å². The summed E-state index contributed by atoms with van der Waals surface area (Å²) in [6, 6.07) is 0.576. The van der Waals surface area contributed by atoms with Gasteiger partial charge in [-0.25, -0.2) is 4.98 Å². The SMILES string of the molecule is CC(C)N(Cc1nccn1C)C[C@H]1CC=CCC1. The highest BCUT2D eigenvalue weighted by molar-refractivity contribution is 4.94. The summed E-state index contributed by atoms with van der Waals surface area (Å²) < 4.78 is 2.12. The second kappa shape index (κ2) is 6.19. The Kier molecular flexibility index (Phi) is 4.59. The van der Waals surface area contributed by atoms with E-state index in [9.17, 15) is 0 Å². The normalized spacial score (nSPS) is 19.9. The van der Waals surface area contributed by atoms with Crippen molar-refractivity contribution in [3.63, 3.8) is 0 Å². The van der Waals surface area contributed by atoms with Crippen LogP contribution in [0.1, 0.15) is 38.9 Å². The molecule has 3 nitrogen and oxygen atoms in total. The maximum absolute atomic E-state index is 4.44. The predicted molar refractivity (Wildman–Crippen MR) is 75.2 cm³/mol. The average Bonchev–Trinajstić information content (AvgIpc) is 2.75. The molecule has 1 aliphatic carbocycles. The standard InChI is InChI=1S/C15H25N3/c1-13(2)18(11-14-7-5-4-6-8-14)12-15-16-9-10-17(15)3/h4-5,9-10,13-14H,6-8,11-12H2,1-3H3/t14-/m0/s1. The Morgan fingerprint density at radius 2 is 2.28 bits per heavy atom. The zero-order valence-electron chi connectivity index (χ0n) is 11.8. The monoisotopic (exact) mass is 247 g/mol. The zero-order valence-corrected chi connectivity index (χ0v) is 11.8. The Morgan fingerprint density at radius 1 is 1.44 bits per heavy atom. The third-order valence-corrected chi connectivity index (χ3v) is 3.87. The van der Waals surface area contributed by atoms with Crippen LogP contribution in [0.15, 0.2) is 24.5 Å². The molecule has 0 saturated heterocycles. The van der Waals surface area contributed by atoms with Gasteiger partial charge in [-0.3, -0.25) is 4.90 Å². The van der Waals surface area contributed by atoms with Crippen LogP contribution in [0.25, 0.3) is 0 Å². The minimum absolute atomic E-state index is 0.576. The summed E-state index contributed by atoms with van der Waals surface area (Å²) in [6.07, 6.45) is 12.4. The minimum Gasteiger partial charge on any atom is -0.337 e. The van der Waals surface area contributed by atoms with E-state index >= 15 is 0 Å². The Hall–Kier alpha value is -1.09. The molecule has 0 aliphatic heterocycles. The lowest BCUT2D eigenvalue weighted by atomic mass is 9.93. The van der Waals surface area contributed by atoms with Crippen LogP contribution >= 0.6 is 0 Å². The molecule has 0 radical (unpaired) electrons. The van der Waals surface area contributed by atoms with Crippen LogP contribution in [0.4, 0.5) is 0 Å². The molecule has 0 N–H and O–H groups in total. The molecule has 0 fully saturated rings. The Bertz CT molecular complexity index is 392. The molecule has 3 heteroatoms. The van der Waals surface area contributed by atoms with Gasteiger partial charge in [-0.15, -0.1) is 0 Å². The van der Waals surface area contributed by atoms with E-state index in [0.29, 0.717) is 6.04 Å². The molecule has 18 heavy (non-hydrogen) atoms. The largest absolute Gasteiger partial charge is 0.337 e. The second-order valence-electron chi connectivity index (χ2n) is 5.63. The summed E-state index contributed by atoms with van der Waals surface area (Å²) in [5, 5.41) is 0. The van der Waals surface area contributed by atoms with Gasteiger partial charge in [0.1, 0.15) is 5.82 Å². The average molecular weight is 247 g/mol. The maximum atomic E-state index is 4.44. The van der Waals surface area contributed by atoms with Gasteiger partial charge in [0.2, 0.25) is 0 Å². The smallest absolute Gasteiger partial charge is 0.122 e. The number of aromatic nitrogens is 2. The van der Waals surface area contributed by atoms with E-state index in [2.05, 4.69) is 47.5 Å². The number of rotatable bonds is 5. The molecular formula is C15H25N3. The number of hydrogen-bond donors (Lipinski definition) is 0. The van der Waals surface area contributed by atoms with E-state index < -0.39 is 0 Å². The summed E-state index contributed by atoms with van der Waals surface area (Å²) in [5.74, 6) is 1.98. The van der Waals surface area contributed by atoms with Crippen molar-refractivity contribution in [3.05, 3.63) is 30.4 Å². The fourth-order valence-corrected chi connectivity index (χ4v) is 2.54. The number of imidazole rings is 1. The van der Waals surface area contributed by atoms with Gasteiger partial charge in [-0.05, 0) is 39.0 Å². The van der Waals surface area contributed by atoms with E-state index in [-0.39, 0.29) is 0 Å². The van der Waals surface area contributed by atoms with Crippen molar-refractivity contribution >= 4 is 0 Å². The number of allylic oxidation sites excluding steroid dienone is 2. The van der Waals surface area contributed by atoms with Crippen molar-refractivity contribution in [1.82, 2.24) is 14.5 Å². The summed E-state index contributed by atoms with van der Waals surface area (Å²) in [7, 11) is 2.07. The van der Waals surface area contributed by atoms with Crippen molar-refractivity contribution in [3.8, 4) is 0 Å². The Morgan fingerprint density at radius 3 is 2.83 bits per heavy atom. The molecule has 0 aromatic carbocycles. The first kappa shape index (κ1) is 13.3. The van der Waals surface area contributed by atoms with Gasteiger partial charge in [0.15, 0.2) is 0 Å². The lowest BCUT2D eigenvalue weighted by Gasteiger charge is -2.31. The molecule has 1 heterocycles. The highest BCUT2D eigenvalue weighted by atomic mass is 15.2. The molecule has 1 aliphatic rings. The van der Waals surface area contributed by atoms with Crippen LogP contribution in [0.3, 0.4) is 0 Å². The minimum atomic E-state index is 0.576. The summed E-state index contributed by atoms with van der Waals surface area (Å²) in [6.45, 7) is 6.71. The van der Waals surface area contributed by atoms with Crippen LogP contribution in [0.5, 0.6) is 0 Å². The van der Waals surface area contributed by atoms with E-state index in [1.807, 2.05) is 12.4 Å². The zero-order chi connectivity index (χ0) is 13.0. The van der Waals surface area contributed by atoms with Gasteiger partial charge in [0.05, 0.1) is 6.54 Å². The van der Waals surface area contributed by atoms with Gasteiger partial charge < -0.3 is 4.57 Å². The Labute approximate surface area is 111 Å². The van der Waals surface area contributed by atoms with E-state index in [0.717, 1.165) is 18.3 Å². The first-order valence-electron chi connectivity index (χ1n) is 7.02. The van der Waals surface area contributed by atoms with Crippen molar-refractivity contribution in [2.75, 3.05) is 6.54 Å². The van der Waals surface area contributed by atoms with Crippen molar-refractivity contribution in [2.45, 2.75) is 45.7 Å². The maximum Gasteiger partial charge on any atom is 0.122 e. The van der Waals surface area contributed by atoms with Gasteiger partial charge in [-0.1, -0.05) is 12.2 Å². The highest BCUT2D eigenvalue weighted by Crippen LogP contribution is 2.21. The van der Waals surface area contributed by atoms with Gasteiger partial charge in [-0.2, -0.15) is 0 Å². The summed E-state index contributed by atoms with van der Waals surface area (Å²) in [4.78, 5) is 6.99. The van der Waals surface area contributed by atoms with Crippen LogP contribution < -0.4 is 0 Å². The lowest BCUT2D eigenvalue weighted by molar-refractivity contribution is 0.167. The fraction of sp³-hybridized carbons (Fsp3) is 0.667. The molecule has 0 spiro atoms. The molecule has 1 aromatic heterocycles. The van der Waals surface area contributed by atoms with E-state index in [4.69, 9.17) is 0 Å². The van der Waals surface area contributed by atoms with E-state index in [1.54, 1.807) is 0 Å². The van der Waals surface area contributed by atoms with Crippen molar-refractivity contribution in [2.24, 2.45) is 13.0 Å². The third-order valence-electron chi connectivity index (χ3n) is 3.87. The molecule has 0 unspecified atom stereocenters. The highest BCUT2D eigenvalue weighted by Gasteiger charge is 2.18. The fourth-order valence-electron chi connectivity index (χ4n) is 2.54. The van der Waals surface area contributed by atoms with Gasteiger partial charge >= 0.3 is 0 Å². The number of hydrogen-bond acceptors (Lipinski definition) is 2. The van der Waals surface area contributed by atoms with Crippen LogP contribution in [0, 0.1) is 5.92 Å². The molecule has 1 aromatic rings. The first-order chi connectivity index (χ1) is 8.66. The van der Waals surface area contributed by atoms with Crippen molar-refractivity contribution < 1.29 is 0 Å².